The Bertz CT molecular complexity index is 542. The van der Waals surface area contributed by atoms with E-state index < -0.39 is 0 Å². The van der Waals surface area contributed by atoms with Gasteiger partial charge in [-0.05, 0) is 12.1 Å². The number of rotatable bonds is 2. The molecule has 15 heavy (non-hydrogen) atoms. The van der Waals surface area contributed by atoms with Crippen LogP contribution in [-0.4, -0.2) is 16.3 Å². The fraction of sp³-hybridized carbons (Fsp3) is 0. The normalized spacial score (nSPS) is 9.53. The molecule has 72 valence electrons. The molecule has 0 fully saturated rings. The number of aromatic nitrogens is 2. The van der Waals surface area contributed by atoms with Crippen molar-refractivity contribution in [3.05, 3.63) is 35.0 Å². The van der Waals surface area contributed by atoms with Gasteiger partial charge in [0.2, 0.25) is 0 Å². The lowest BCUT2D eigenvalue weighted by atomic mass is 10.2. The van der Waals surface area contributed by atoms with E-state index in [1.807, 2.05) is 6.07 Å². The van der Waals surface area contributed by atoms with Gasteiger partial charge in [0.15, 0.2) is 6.29 Å². The second-order valence-electron chi connectivity index (χ2n) is 2.73. The fourth-order valence-corrected chi connectivity index (χ4v) is 1.77. The Hall–Kier alpha value is -2.06. The summed E-state index contributed by atoms with van der Waals surface area (Å²) in [6, 6.07) is 5.29. The molecule has 2 rings (SSSR count). The molecule has 0 aliphatic carbocycles. The van der Waals surface area contributed by atoms with Crippen LogP contribution in [0.15, 0.2) is 24.5 Å². The summed E-state index contributed by atoms with van der Waals surface area (Å²) in [6.45, 7) is 0. The first-order valence-electron chi connectivity index (χ1n) is 4.11. The highest BCUT2D eigenvalue weighted by atomic mass is 32.1. The Morgan fingerprint density at radius 1 is 1.47 bits per heavy atom. The van der Waals surface area contributed by atoms with Gasteiger partial charge in [-0.2, -0.15) is 5.26 Å². The zero-order valence-corrected chi connectivity index (χ0v) is 8.36. The molecule has 0 radical (unpaired) electrons. The van der Waals surface area contributed by atoms with Crippen molar-refractivity contribution in [2.24, 2.45) is 0 Å². The number of carbonyl (C=O) groups is 1. The average molecular weight is 215 g/mol. The van der Waals surface area contributed by atoms with Crippen molar-refractivity contribution >= 4 is 17.6 Å². The van der Waals surface area contributed by atoms with Crippen molar-refractivity contribution in [2.75, 3.05) is 0 Å². The molecule has 0 unspecified atom stereocenters. The largest absolute Gasteiger partial charge is 0.297 e. The highest BCUT2D eigenvalue weighted by Crippen LogP contribution is 2.22. The van der Waals surface area contributed by atoms with Crippen molar-refractivity contribution in [1.82, 2.24) is 9.97 Å². The Kier molecular flexibility index (Phi) is 2.52. The van der Waals surface area contributed by atoms with Gasteiger partial charge in [-0.3, -0.25) is 9.78 Å². The van der Waals surface area contributed by atoms with Gasteiger partial charge in [0.05, 0.1) is 16.5 Å². The number of thiazole rings is 1. The summed E-state index contributed by atoms with van der Waals surface area (Å²) in [6.07, 6.45) is 3.79. The molecular weight excluding hydrogens is 210 g/mol. The number of hydrogen-bond acceptors (Lipinski definition) is 5. The predicted octanol–water partition coefficient (Wildman–Crippen LogP) is 1.89. The Balaban J connectivity index is 2.45. The van der Waals surface area contributed by atoms with Gasteiger partial charge in [-0.15, -0.1) is 11.3 Å². The van der Waals surface area contributed by atoms with E-state index in [1.54, 1.807) is 18.3 Å². The number of aldehydes is 1. The molecule has 2 aromatic heterocycles. The lowest BCUT2D eigenvalue weighted by Crippen LogP contribution is -1.83. The number of nitriles is 1. The van der Waals surface area contributed by atoms with E-state index in [0.29, 0.717) is 21.1 Å². The second-order valence-corrected chi connectivity index (χ2v) is 3.79. The van der Waals surface area contributed by atoms with Crippen LogP contribution in [-0.2, 0) is 0 Å². The van der Waals surface area contributed by atoms with Crippen LogP contribution in [0, 0.1) is 11.3 Å². The van der Waals surface area contributed by atoms with E-state index in [9.17, 15) is 4.79 Å². The van der Waals surface area contributed by atoms with E-state index >= 15 is 0 Å². The standard InChI is InChI=1S/C10H5N3OS/c11-4-7-1-2-12-9(3-7)10-13-5-8(6-14)15-10/h1-3,5-6H. The first kappa shape index (κ1) is 9.49. The van der Waals surface area contributed by atoms with E-state index in [2.05, 4.69) is 9.97 Å². The van der Waals surface area contributed by atoms with Crippen LogP contribution in [0.5, 0.6) is 0 Å². The smallest absolute Gasteiger partial charge is 0.161 e. The Morgan fingerprint density at radius 3 is 3.00 bits per heavy atom. The number of pyridine rings is 1. The van der Waals surface area contributed by atoms with Crippen molar-refractivity contribution < 1.29 is 4.79 Å². The van der Waals surface area contributed by atoms with E-state index in [4.69, 9.17) is 5.26 Å². The molecule has 4 nitrogen and oxygen atoms in total. The number of nitrogens with zero attached hydrogens (tertiary/aromatic N) is 3. The third-order valence-corrected chi connectivity index (χ3v) is 2.69. The summed E-state index contributed by atoms with van der Waals surface area (Å²) in [5.74, 6) is 0. The minimum atomic E-state index is 0.530. The SMILES string of the molecule is N#Cc1ccnc(-c2ncc(C=O)s2)c1. The molecule has 0 saturated heterocycles. The molecule has 0 atom stereocenters. The molecule has 0 aliphatic rings. The summed E-state index contributed by atoms with van der Waals surface area (Å²) < 4.78 is 0. The van der Waals surface area contributed by atoms with Crippen LogP contribution in [0.2, 0.25) is 0 Å². The average Bonchev–Trinajstić information content (AvgIpc) is 2.78. The highest BCUT2D eigenvalue weighted by Gasteiger charge is 2.05. The van der Waals surface area contributed by atoms with Crippen LogP contribution in [0.25, 0.3) is 10.7 Å². The second kappa shape index (κ2) is 3.98. The van der Waals surface area contributed by atoms with Gasteiger partial charge in [-0.1, -0.05) is 0 Å². The van der Waals surface area contributed by atoms with Crippen molar-refractivity contribution in [3.63, 3.8) is 0 Å². The monoisotopic (exact) mass is 215 g/mol. The number of hydrogen-bond donors (Lipinski definition) is 0. The maximum atomic E-state index is 10.5. The lowest BCUT2D eigenvalue weighted by molar-refractivity contribution is 0.112. The third kappa shape index (κ3) is 1.90. The molecule has 2 aromatic rings. The van der Waals surface area contributed by atoms with E-state index in [1.165, 1.54) is 17.5 Å². The fourth-order valence-electron chi connectivity index (χ4n) is 1.08. The summed E-state index contributed by atoms with van der Waals surface area (Å²) in [4.78, 5) is 19.2. The molecule has 0 spiro atoms. The molecule has 0 bridgehead atoms. The van der Waals surface area contributed by atoms with Crippen LogP contribution in [0.1, 0.15) is 15.2 Å². The zero-order valence-electron chi connectivity index (χ0n) is 7.54. The first-order valence-corrected chi connectivity index (χ1v) is 4.92. The molecule has 0 N–H and O–H groups in total. The minimum Gasteiger partial charge on any atom is -0.297 e. The van der Waals surface area contributed by atoms with Gasteiger partial charge in [0.1, 0.15) is 10.7 Å². The maximum Gasteiger partial charge on any atom is 0.161 e. The van der Waals surface area contributed by atoms with Crippen LogP contribution in [0.4, 0.5) is 0 Å². The summed E-state index contributed by atoms with van der Waals surface area (Å²) in [7, 11) is 0. The third-order valence-electron chi connectivity index (χ3n) is 1.75. The van der Waals surface area contributed by atoms with Crippen molar-refractivity contribution in [2.45, 2.75) is 0 Å². The molecule has 0 saturated carbocycles. The van der Waals surface area contributed by atoms with E-state index in [0.717, 1.165) is 6.29 Å². The molecule has 2 heterocycles. The Labute approximate surface area is 89.9 Å². The lowest BCUT2D eigenvalue weighted by Gasteiger charge is -1.94. The number of carbonyl (C=O) groups excluding carboxylic acids is 1. The van der Waals surface area contributed by atoms with Gasteiger partial charge in [-0.25, -0.2) is 4.98 Å². The first-order chi connectivity index (χ1) is 7.33. The summed E-state index contributed by atoms with van der Waals surface area (Å²) in [5.41, 5.74) is 1.15. The molecule has 0 aromatic carbocycles. The Morgan fingerprint density at radius 2 is 2.33 bits per heavy atom. The molecular formula is C10H5N3OS. The van der Waals surface area contributed by atoms with Crippen LogP contribution in [0.3, 0.4) is 0 Å². The van der Waals surface area contributed by atoms with Gasteiger partial charge < -0.3 is 0 Å². The van der Waals surface area contributed by atoms with Gasteiger partial charge >= 0.3 is 0 Å². The van der Waals surface area contributed by atoms with Gasteiger partial charge in [0.25, 0.3) is 0 Å². The summed E-state index contributed by atoms with van der Waals surface area (Å²) in [5, 5.41) is 9.36. The van der Waals surface area contributed by atoms with Gasteiger partial charge in [0, 0.05) is 12.4 Å². The van der Waals surface area contributed by atoms with E-state index in [-0.39, 0.29) is 0 Å². The minimum absolute atomic E-state index is 0.530. The molecule has 0 amide bonds. The quantitative estimate of drug-likeness (QED) is 0.717. The maximum absolute atomic E-state index is 10.5. The highest BCUT2D eigenvalue weighted by molar-refractivity contribution is 7.16. The van der Waals surface area contributed by atoms with Crippen molar-refractivity contribution in [1.29, 1.82) is 5.26 Å². The zero-order chi connectivity index (χ0) is 10.7. The van der Waals surface area contributed by atoms with Crippen LogP contribution < -0.4 is 0 Å². The summed E-state index contributed by atoms with van der Waals surface area (Å²) >= 11 is 1.25. The van der Waals surface area contributed by atoms with Crippen molar-refractivity contribution in [3.8, 4) is 16.8 Å². The molecule has 5 heteroatoms. The topological polar surface area (TPSA) is 66.6 Å². The predicted molar refractivity (Wildman–Crippen MR) is 55.4 cm³/mol. The molecule has 0 aliphatic heterocycles. The van der Waals surface area contributed by atoms with Crippen LogP contribution >= 0.6 is 11.3 Å².